The number of hydrogen-bond donors (Lipinski definition) is 3. The molecule has 0 radical (unpaired) electrons. The fourth-order valence-corrected chi connectivity index (χ4v) is 3.48. The van der Waals surface area contributed by atoms with Crippen LogP contribution in [0.3, 0.4) is 0 Å². The van der Waals surface area contributed by atoms with Crippen LogP contribution in [0.15, 0.2) is 53.6 Å². The third kappa shape index (κ3) is 3.81. The first-order valence-electron chi connectivity index (χ1n) is 9.31. The van der Waals surface area contributed by atoms with Crippen molar-refractivity contribution in [3.8, 4) is 23.0 Å². The minimum absolute atomic E-state index is 0.0295. The summed E-state index contributed by atoms with van der Waals surface area (Å²) in [7, 11) is 0. The lowest BCUT2D eigenvalue weighted by Gasteiger charge is -2.12. The molecule has 2 atom stereocenters. The number of hydrogen-bond acceptors (Lipinski definition) is 5. The second-order valence-electron chi connectivity index (χ2n) is 7.06. The summed E-state index contributed by atoms with van der Waals surface area (Å²) in [5.74, 6) is 0.114. The van der Waals surface area contributed by atoms with Gasteiger partial charge in [0.05, 0.1) is 28.9 Å². The van der Waals surface area contributed by atoms with Crippen molar-refractivity contribution < 1.29 is 9.90 Å². The predicted octanol–water partition coefficient (Wildman–Crippen LogP) is 1.74. The van der Waals surface area contributed by atoms with Gasteiger partial charge >= 0.3 is 0 Å². The Balaban J connectivity index is 1.52. The lowest BCUT2D eigenvalue weighted by Crippen LogP contribution is -2.33. The van der Waals surface area contributed by atoms with Crippen molar-refractivity contribution >= 4 is 5.91 Å². The molecule has 1 aliphatic rings. The number of carbonyl (C=O) groups is 1. The van der Waals surface area contributed by atoms with Crippen LogP contribution in [0.1, 0.15) is 35.2 Å². The van der Waals surface area contributed by atoms with E-state index in [4.69, 9.17) is 5.26 Å². The smallest absolute Gasteiger partial charge is 0.280 e. The van der Waals surface area contributed by atoms with Gasteiger partial charge in [-0.25, -0.2) is 9.67 Å². The first kappa shape index (κ1) is 18.7. The van der Waals surface area contributed by atoms with E-state index in [1.165, 1.54) is 10.9 Å². The normalized spacial score (nSPS) is 18.3. The van der Waals surface area contributed by atoms with E-state index in [9.17, 15) is 14.7 Å². The second kappa shape index (κ2) is 7.73. The molecule has 0 saturated heterocycles. The second-order valence-corrected chi connectivity index (χ2v) is 7.06. The van der Waals surface area contributed by atoms with Gasteiger partial charge in [0.2, 0.25) is 0 Å². The molecular formula is C21H19N5O3. The van der Waals surface area contributed by atoms with Crippen molar-refractivity contribution in [1.82, 2.24) is 20.1 Å². The molecule has 3 N–H and O–H groups in total. The minimum atomic E-state index is -0.356. The first-order valence-corrected chi connectivity index (χ1v) is 9.31. The number of pyridine rings is 1. The van der Waals surface area contributed by atoms with E-state index in [0.29, 0.717) is 40.9 Å². The summed E-state index contributed by atoms with van der Waals surface area (Å²) < 4.78 is 1.29. The Bertz CT molecular complexity index is 1120. The van der Waals surface area contributed by atoms with Gasteiger partial charge in [-0.05, 0) is 49.1 Å². The molecule has 0 bridgehead atoms. The van der Waals surface area contributed by atoms with Crippen LogP contribution in [-0.4, -0.2) is 37.9 Å². The zero-order valence-electron chi connectivity index (χ0n) is 15.5. The molecule has 1 aromatic carbocycles. The van der Waals surface area contributed by atoms with Gasteiger partial charge in [0, 0.05) is 18.4 Å². The average molecular weight is 389 g/mol. The molecule has 1 fully saturated rings. The Morgan fingerprint density at radius 1 is 1.24 bits per heavy atom. The summed E-state index contributed by atoms with van der Waals surface area (Å²) in [5, 5.41) is 24.2. The van der Waals surface area contributed by atoms with Gasteiger partial charge in [0.25, 0.3) is 11.5 Å². The Labute approximate surface area is 166 Å². The number of nitrogens with zero attached hydrogens (tertiary/aromatic N) is 3. The zero-order valence-corrected chi connectivity index (χ0v) is 15.5. The number of aliphatic hydroxyl groups is 1. The Morgan fingerprint density at radius 3 is 2.66 bits per heavy atom. The highest BCUT2D eigenvalue weighted by atomic mass is 16.3. The van der Waals surface area contributed by atoms with Crippen LogP contribution in [-0.2, 0) is 0 Å². The average Bonchev–Trinajstić information content (AvgIpc) is 3.33. The molecule has 0 spiro atoms. The van der Waals surface area contributed by atoms with Crippen molar-refractivity contribution in [2.75, 3.05) is 0 Å². The fourth-order valence-electron chi connectivity index (χ4n) is 3.48. The summed E-state index contributed by atoms with van der Waals surface area (Å²) in [6, 6.07) is 12.0. The van der Waals surface area contributed by atoms with Gasteiger partial charge in [-0.15, -0.1) is 0 Å². The largest absolute Gasteiger partial charge is 0.393 e. The van der Waals surface area contributed by atoms with Crippen molar-refractivity contribution in [1.29, 1.82) is 5.26 Å². The highest BCUT2D eigenvalue weighted by molar-refractivity contribution is 5.94. The highest BCUT2D eigenvalue weighted by Gasteiger charge is 2.24. The number of aromatic nitrogens is 3. The molecule has 2 heterocycles. The Hall–Kier alpha value is -3.70. The standard InChI is InChI=1S/C21H19N5O3/c22-10-13-1-3-14(4-2-13)18-12-24-26(21(18)29)19-8-5-15(11-23-19)20(28)25-16-6-7-17(27)9-16/h1-5,8,11-12,16-17,24,27H,6-7,9H2,(H,25,28)/t16-,17+/m0/s1. The van der Waals surface area contributed by atoms with E-state index < -0.39 is 0 Å². The summed E-state index contributed by atoms with van der Waals surface area (Å²) in [4.78, 5) is 29.3. The molecule has 8 nitrogen and oxygen atoms in total. The van der Waals surface area contributed by atoms with Crippen LogP contribution in [0, 0.1) is 11.3 Å². The molecule has 0 unspecified atom stereocenters. The molecule has 0 aliphatic heterocycles. The van der Waals surface area contributed by atoms with E-state index in [1.807, 2.05) is 6.07 Å². The van der Waals surface area contributed by atoms with Gasteiger partial charge < -0.3 is 10.4 Å². The third-order valence-corrected chi connectivity index (χ3v) is 5.08. The van der Waals surface area contributed by atoms with Crippen molar-refractivity contribution in [3.05, 3.63) is 70.3 Å². The van der Waals surface area contributed by atoms with E-state index in [-0.39, 0.29) is 23.6 Å². The van der Waals surface area contributed by atoms with Crippen molar-refractivity contribution in [3.63, 3.8) is 0 Å². The molecule has 1 saturated carbocycles. The number of H-pyrrole nitrogens is 1. The van der Waals surface area contributed by atoms with Crippen LogP contribution in [0.25, 0.3) is 16.9 Å². The van der Waals surface area contributed by atoms with Crippen LogP contribution in [0.5, 0.6) is 0 Å². The van der Waals surface area contributed by atoms with Crippen LogP contribution in [0.4, 0.5) is 0 Å². The number of amides is 1. The van der Waals surface area contributed by atoms with Crippen molar-refractivity contribution in [2.45, 2.75) is 31.4 Å². The van der Waals surface area contributed by atoms with Crippen LogP contribution < -0.4 is 10.9 Å². The molecular weight excluding hydrogens is 370 g/mol. The van der Waals surface area contributed by atoms with Gasteiger partial charge in [-0.1, -0.05) is 12.1 Å². The molecule has 2 aromatic heterocycles. The van der Waals surface area contributed by atoms with Gasteiger partial charge in [-0.2, -0.15) is 5.26 Å². The molecule has 8 heteroatoms. The predicted molar refractivity (Wildman–Crippen MR) is 105 cm³/mol. The van der Waals surface area contributed by atoms with Gasteiger partial charge in [0.1, 0.15) is 0 Å². The lowest BCUT2D eigenvalue weighted by atomic mass is 10.1. The number of carbonyl (C=O) groups excluding carboxylic acids is 1. The summed E-state index contributed by atoms with van der Waals surface area (Å²) in [6.45, 7) is 0. The number of benzene rings is 1. The Kier molecular flexibility index (Phi) is 4.97. The fraction of sp³-hybridized carbons (Fsp3) is 0.238. The molecule has 146 valence electrons. The lowest BCUT2D eigenvalue weighted by molar-refractivity contribution is 0.0933. The van der Waals surface area contributed by atoms with Gasteiger partial charge in [-0.3, -0.25) is 14.7 Å². The number of aromatic amines is 1. The molecule has 29 heavy (non-hydrogen) atoms. The summed E-state index contributed by atoms with van der Waals surface area (Å²) in [6.07, 6.45) is 4.66. The summed E-state index contributed by atoms with van der Waals surface area (Å²) >= 11 is 0. The van der Waals surface area contributed by atoms with Crippen LogP contribution in [0.2, 0.25) is 0 Å². The third-order valence-electron chi connectivity index (χ3n) is 5.08. The molecule has 4 rings (SSSR count). The highest BCUT2D eigenvalue weighted by Crippen LogP contribution is 2.19. The zero-order chi connectivity index (χ0) is 20.4. The van der Waals surface area contributed by atoms with E-state index in [1.54, 1.807) is 42.6 Å². The first-order chi connectivity index (χ1) is 14.0. The topological polar surface area (TPSA) is 124 Å². The van der Waals surface area contributed by atoms with E-state index in [2.05, 4.69) is 15.4 Å². The van der Waals surface area contributed by atoms with E-state index in [0.717, 1.165) is 6.42 Å². The monoisotopic (exact) mass is 389 g/mol. The number of nitriles is 1. The summed E-state index contributed by atoms with van der Waals surface area (Å²) in [5.41, 5.74) is 1.78. The molecule has 1 aliphatic carbocycles. The van der Waals surface area contributed by atoms with Gasteiger partial charge in [0.15, 0.2) is 5.82 Å². The number of rotatable bonds is 4. The maximum absolute atomic E-state index is 12.7. The number of nitrogens with one attached hydrogen (secondary N) is 2. The maximum atomic E-state index is 12.7. The van der Waals surface area contributed by atoms with Crippen molar-refractivity contribution in [2.24, 2.45) is 0 Å². The molecule has 3 aromatic rings. The van der Waals surface area contributed by atoms with E-state index >= 15 is 0 Å². The maximum Gasteiger partial charge on any atom is 0.280 e. The SMILES string of the molecule is N#Cc1ccc(-c2c[nH]n(-c3ccc(C(=O)N[C@H]4CC[C@@H](O)C4)cn3)c2=O)cc1. The quantitative estimate of drug-likeness (QED) is 0.627. The Morgan fingerprint density at radius 2 is 2.03 bits per heavy atom. The van der Waals surface area contributed by atoms with Crippen LogP contribution >= 0.6 is 0 Å². The molecule has 1 amide bonds. The minimum Gasteiger partial charge on any atom is -0.393 e. The number of aliphatic hydroxyl groups excluding tert-OH is 1.